The van der Waals surface area contributed by atoms with Crippen molar-refractivity contribution in [3.63, 3.8) is 0 Å². The minimum atomic E-state index is -2.88. The van der Waals surface area contributed by atoms with Crippen LogP contribution in [0.4, 0.5) is 0 Å². The first-order chi connectivity index (χ1) is 8.18. The Hall–Kier alpha value is -0.360. The molecule has 0 aliphatic heterocycles. The molecule has 17 heavy (non-hydrogen) atoms. The standard InChI is InChI=1S/C12H13O3PTe/c1-14-16(13,15-2)17-12-9-5-7-10-6-3-4-8-11(10)12/h3-9H,1-2H3. The molecule has 0 spiro atoms. The predicted octanol–water partition coefficient (Wildman–Crippen LogP) is 2.57. The van der Waals surface area contributed by atoms with Crippen molar-refractivity contribution < 1.29 is 13.6 Å². The number of benzene rings is 2. The number of rotatable bonds is 4. The van der Waals surface area contributed by atoms with E-state index >= 15 is 0 Å². The fourth-order valence-electron chi connectivity index (χ4n) is 1.54. The first kappa shape index (κ1) is 13.1. The molecule has 5 heteroatoms. The summed E-state index contributed by atoms with van der Waals surface area (Å²) in [6, 6.07) is 14.1. The van der Waals surface area contributed by atoms with Gasteiger partial charge in [-0.05, 0) is 0 Å². The molecule has 0 bridgehead atoms. The monoisotopic (exact) mass is 366 g/mol. The van der Waals surface area contributed by atoms with Crippen LogP contribution >= 0.6 is 5.29 Å². The third-order valence-electron chi connectivity index (χ3n) is 2.41. The van der Waals surface area contributed by atoms with Gasteiger partial charge < -0.3 is 0 Å². The van der Waals surface area contributed by atoms with E-state index < -0.39 is 25.7 Å². The van der Waals surface area contributed by atoms with Crippen LogP contribution in [0.2, 0.25) is 0 Å². The van der Waals surface area contributed by atoms with Gasteiger partial charge in [-0.3, -0.25) is 0 Å². The zero-order valence-electron chi connectivity index (χ0n) is 9.62. The molecule has 2 aromatic carbocycles. The van der Waals surface area contributed by atoms with Gasteiger partial charge in [0.05, 0.1) is 0 Å². The molecule has 0 aromatic heterocycles. The van der Waals surface area contributed by atoms with Crippen LogP contribution in [-0.4, -0.2) is 34.6 Å². The summed E-state index contributed by atoms with van der Waals surface area (Å²) in [5, 5.41) is -0.571. The second kappa shape index (κ2) is 5.52. The van der Waals surface area contributed by atoms with Crippen molar-refractivity contribution in [1.82, 2.24) is 0 Å². The van der Waals surface area contributed by atoms with Crippen LogP contribution in [-0.2, 0) is 13.6 Å². The molecule has 2 aromatic rings. The van der Waals surface area contributed by atoms with E-state index in [-0.39, 0.29) is 0 Å². The molecule has 0 saturated heterocycles. The number of fused-ring (bicyclic) bond motifs is 1. The molecule has 0 radical (unpaired) electrons. The van der Waals surface area contributed by atoms with Gasteiger partial charge in [-0.2, -0.15) is 0 Å². The third kappa shape index (κ3) is 2.91. The van der Waals surface area contributed by atoms with Crippen molar-refractivity contribution in [1.29, 1.82) is 0 Å². The van der Waals surface area contributed by atoms with E-state index in [1.165, 1.54) is 14.2 Å². The summed E-state index contributed by atoms with van der Waals surface area (Å²) in [7, 11) is 2.89. The minimum absolute atomic E-state index is 1.02. The topological polar surface area (TPSA) is 35.5 Å². The van der Waals surface area contributed by atoms with Gasteiger partial charge in [0.2, 0.25) is 0 Å². The van der Waals surface area contributed by atoms with Crippen LogP contribution in [0.15, 0.2) is 42.5 Å². The van der Waals surface area contributed by atoms with Crippen molar-refractivity contribution in [2.45, 2.75) is 0 Å². The zero-order chi connectivity index (χ0) is 12.3. The summed E-state index contributed by atoms with van der Waals surface area (Å²) < 4.78 is 23.4. The van der Waals surface area contributed by atoms with Crippen molar-refractivity contribution >= 4 is 40.0 Å². The maximum absolute atomic E-state index is 12.2. The summed E-state index contributed by atoms with van der Waals surface area (Å²) in [5.74, 6) is 0. The Kier molecular flexibility index (Phi) is 4.25. The Balaban J connectivity index is 2.46. The molecular formula is C12H13O3PTe. The molecule has 3 nitrogen and oxygen atoms in total. The average Bonchev–Trinajstić information content (AvgIpc) is 2.39. The molecular weight excluding hydrogens is 351 g/mol. The zero-order valence-corrected chi connectivity index (χ0v) is 12.8. The van der Waals surface area contributed by atoms with Crippen molar-refractivity contribution in [2.75, 3.05) is 14.2 Å². The van der Waals surface area contributed by atoms with E-state index in [1.54, 1.807) is 0 Å². The number of hydrogen-bond donors (Lipinski definition) is 0. The Morgan fingerprint density at radius 2 is 1.65 bits per heavy atom. The van der Waals surface area contributed by atoms with E-state index in [0.717, 1.165) is 14.4 Å². The second-order valence-electron chi connectivity index (χ2n) is 3.38. The van der Waals surface area contributed by atoms with E-state index in [2.05, 4.69) is 12.1 Å². The van der Waals surface area contributed by atoms with E-state index in [1.807, 2.05) is 30.3 Å². The molecule has 0 aliphatic rings. The fraction of sp³-hybridized carbons (Fsp3) is 0.167. The van der Waals surface area contributed by atoms with Gasteiger partial charge in [-0.25, -0.2) is 0 Å². The van der Waals surface area contributed by atoms with Gasteiger partial charge in [0, 0.05) is 0 Å². The van der Waals surface area contributed by atoms with Crippen LogP contribution in [0.1, 0.15) is 0 Å². The average molecular weight is 364 g/mol. The summed E-state index contributed by atoms with van der Waals surface area (Å²) in [6.07, 6.45) is 0. The molecule has 0 unspecified atom stereocenters. The van der Waals surface area contributed by atoms with Crippen molar-refractivity contribution in [3.05, 3.63) is 42.5 Å². The van der Waals surface area contributed by atoms with Crippen LogP contribution in [0.5, 0.6) is 0 Å². The van der Waals surface area contributed by atoms with Crippen LogP contribution in [0.25, 0.3) is 10.8 Å². The van der Waals surface area contributed by atoms with Gasteiger partial charge in [0.25, 0.3) is 0 Å². The predicted molar refractivity (Wildman–Crippen MR) is 71.0 cm³/mol. The fourth-order valence-corrected chi connectivity index (χ4v) is 7.70. The van der Waals surface area contributed by atoms with Gasteiger partial charge in [0.1, 0.15) is 0 Å². The Labute approximate surface area is 110 Å². The van der Waals surface area contributed by atoms with Gasteiger partial charge in [0.15, 0.2) is 0 Å². The first-order valence-corrected chi connectivity index (χ1v) is 10.8. The Morgan fingerprint density at radius 1 is 1.00 bits per heavy atom. The molecule has 0 amide bonds. The summed E-state index contributed by atoms with van der Waals surface area (Å²) in [6.45, 7) is 0. The Morgan fingerprint density at radius 3 is 2.35 bits per heavy atom. The second-order valence-corrected chi connectivity index (χ2v) is 11.8. The van der Waals surface area contributed by atoms with Crippen LogP contribution in [0, 0.1) is 0 Å². The normalized spacial score (nSPS) is 11.9. The summed E-state index contributed by atoms with van der Waals surface area (Å²) in [5.41, 5.74) is 0. The van der Waals surface area contributed by atoms with E-state index in [9.17, 15) is 4.57 Å². The van der Waals surface area contributed by atoms with Gasteiger partial charge >= 0.3 is 110 Å². The third-order valence-corrected chi connectivity index (χ3v) is 10.9. The molecule has 0 fully saturated rings. The van der Waals surface area contributed by atoms with Crippen LogP contribution in [0.3, 0.4) is 0 Å². The van der Waals surface area contributed by atoms with E-state index in [4.69, 9.17) is 9.05 Å². The number of hydrogen-bond acceptors (Lipinski definition) is 3. The van der Waals surface area contributed by atoms with E-state index in [0.29, 0.717) is 0 Å². The van der Waals surface area contributed by atoms with Crippen molar-refractivity contribution in [3.8, 4) is 0 Å². The molecule has 0 atom stereocenters. The summed E-state index contributed by atoms with van der Waals surface area (Å²) in [4.78, 5) is 0. The summed E-state index contributed by atoms with van der Waals surface area (Å²) >= 11 is -1.02. The van der Waals surface area contributed by atoms with Gasteiger partial charge in [-0.1, -0.05) is 0 Å². The quantitative estimate of drug-likeness (QED) is 0.618. The molecule has 2 rings (SSSR count). The first-order valence-electron chi connectivity index (χ1n) is 5.07. The SMILES string of the molecule is COP(=O)(OC)[Te]c1cccc2ccccc12. The molecule has 0 aliphatic carbocycles. The molecule has 0 saturated carbocycles. The molecule has 0 heterocycles. The maximum atomic E-state index is 12.2. The molecule has 0 N–H and O–H groups in total. The molecule has 90 valence electrons. The van der Waals surface area contributed by atoms with Crippen molar-refractivity contribution in [2.24, 2.45) is 0 Å². The van der Waals surface area contributed by atoms with Gasteiger partial charge in [-0.15, -0.1) is 0 Å². The Bertz CT molecular complexity index is 557. The van der Waals surface area contributed by atoms with Crippen LogP contribution < -0.4 is 3.61 Å².